The molecule has 0 radical (unpaired) electrons. The lowest BCUT2D eigenvalue weighted by molar-refractivity contribution is 0.190. The van der Waals surface area contributed by atoms with Crippen molar-refractivity contribution >= 4 is 33.4 Å². The molecule has 2 aliphatic heterocycles. The zero-order valence-electron chi connectivity index (χ0n) is 7.61. The monoisotopic (exact) mass is 241 g/mol. The van der Waals surface area contributed by atoms with Crippen LogP contribution in [0, 0.1) is 0 Å². The fraction of sp³-hybridized carbons (Fsp3) is 1.00. The summed E-state index contributed by atoms with van der Waals surface area (Å²) in [5, 5.41) is 0. The Labute approximate surface area is 92.8 Å². The average Bonchev–Trinajstić information content (AvgIpc) is 2.54. The van der Waals surface area contributed by atoms with Gasteiger partial charge in [0.2, 0.25) is 0 Å². The molecule has 2 unspecified atom stereocenters. The van der Waals surface area contributed by atoms with E-state index in [1.165, 1.54) is 32.4 Å². The Balaban J connectivity index is 0.000000845. The van der Waals surface area contributed by atoms with E-state index in [9.17, 15) is 4.55 Å². The smallest absolute Gasteiger partial charge is 0.134 e. The quantitative estimate of drug-likeness (QED) is 0.516. The SMILES string of the molecule is Cl.[O-][S+]1CC(N2CCCCC2)CS1. The minimum absolute atomic E-state index is 0. The molecule has 0 spiro atoms. The Hall–Kier alpha value is 0.910. The maximum atomic E-state index is 11.1. The van der Waals surface area contributed by atoms with Crippen molar-refractivity contribution in [1.82, 2.24) is 4.90 Å². The van der Waals surface area contributed by atoms with Gasteiger partial charge < -0.3 is 4.55 Å². The van der Waals surface area contributed by atoms with Gasteiger partial charge >= 0.3 is 0 Å². The van der Waals surface area contributed by atoms with Crippen molar-refractivity contribution in [2.24, 2.45) is 0 Å². The number of nitrogens with zero attached hydrogens (tertiary/aromatic N) is 1. The predicted molar refractivity (Wildman–Crippen MR) is 61.9 cm³/mol. The van der Waals surface area contributed by atoms with Gasteiger partial charge in [0, 0.05) is 10.2 Å². The van der Waals surface area contributed by atoms with Crippen molar-refractivity contribution in [2.45, 2.75) is 25.3 Å². The molecule has 2 rings (SSSR count). The molecular formula is C8H16ClNOS2. The summed E-state index contributed by atoms with van der Waals surface area (Å²) in [6.07, 6.45) is 4.07. The third kappa shape index (κ3) is 3.20. The molecule has 2 aliphatic rings. The van der Waals surface area contributed by atoms with E-state index in [0.29, 0.717) is 6.04 Å². The lowest BCUT2D eigenvalue weighted by Crippen LogP contribution is -2.41. The maximum Gasteiger partial charge on any atom is 0.134 e. The molecule has 2 atom stereocenters. The van der Waals surface area contributed by atoms with Gasteiger partial charge in [0.1, 0.15) is 5.75 Å². The molecule has 0 aromatic heterocycles. The minimum Gasteiger partial charge on any atom is -0.605 e. The third-order valence-corrected chi connectivity index (χ3v) is 5.67. The second-order valence-corrected chi connectivity index (χ2v) is 6.84. The Kier molecular flexibility index (Phi) is 5.26. The summed E-state index contributed by atoms with van der Waals surface area (Å²) in [6, 6.07) is 0.621. The normalized spacial score (nSPS) is 35.8. The first kappa shape index (κ1) is 12.0. The van der Waals surface area contributed by atoms with Crippen LogP contribution >= 0.6 is 23.2 Å². The number of piperidine rings is 1. The molecule has 0 aromatic rings. The van der Waals surface area contributed by atoms with Gasteiger partial charge in [0.15, 0.2) is 0 Å². The summed E-state index contributed by atoms with van der Waals surface area (Å²) >= 11 is 0. The highest BCUT2D eigenvalue weighted by Crippen LogP contribution is 2.28. The highest BCUT2D eigenvalue weighted by Gasteiger charge is 2.33. The molecule has 0 aromatic carbocycles. The second kappa shape index (κ2) is 5.71. The van der Waals surface area contributed by atoms with Crippen molar-refractivity contribution < 1.29 is 4.55 Å². The largest absolute Gasteiger partial charge is 0.605 e. The number of likely N-dealkylation sites (tertiary alicyclic amines) is 1. The molecule has 13 heavy (non-hydrogen) atoms. The van der Waals surface area contributed by atoms with Crippen LogP contribution in [0.1, 0.15) is 19.3 Å². The lowest BCUT2D eigenvalue weighted by Gasteiger charge is -2.29. The van der Waals surface area contributed by atoms with Crippen LogP contribution in [0.25, 0.3) is 0 Å². The standard InChI is InChI=1S/C8H15NOS2.ClH/c10-12-7-8(6-11-12)9-4-2-1-3-5-9;/h8H,1-7H2;1H. The average molecular weight is 242 g/mol. The van der Waals surface area contributed by atoms with E-state index in [2.05, 4.69) is 4.90 Å². The zero-order valence-corrected chi connectivity index (χ0v) is 10.1. The molecule has 0 saturated carbocycles. The summed E-state index contributed by atoms with van der Waals surface area (Å²) in [4.78, 5) is 2.53. The molecule has 2 saturated heterocycles. The Morgan fingerprint density at radius 3 is 2.46 bits per heavy atom. The molecule has 0 bridgehead atoms. The van der Waals surface area contributed by atoms with E-state index in [4.69, 9.17) is 0 Å². The van der Waals surface area contributed by atoms with Crippen LogP contribution in [0.5, 0.6) is 0 Å². The number of halogens is 1. The first-order chi connectivity index (χ1) is 5.86. The molecule has 2 heterocycles. The molecule has 78 valence electrons. The maximum absolute atomic E-state index is 11.1. The van der Waals surface area contributed by atoms with Crippen molar-refractivity contribution in [3.63, 3.8) is 0 Å². The van der Waals surface area contributed by atoms with Crippen molar-refractivity contribution in [2.75, 3.05) is 24.6 Å². The van der Waals surface area contributed by atoms with Gasteiger partial charge in [-0.1, -0.05) is 6.42 Å². The van der Waals surface area contributed by atoms with Gasteiger partial charge in [-0.2, -0.15) is 0 Å². The van der Waals surface area contributed by atoms with Gasteiger partial charge in [-0.15, -0.1) is 12.4 Å². The molecular weight excluding hydrogens is 226 g/mol. The van der Waals surface area contributed by atoms with Crippen LogP contribution in [0.4, 0.5) is 0 Å². The third-order valence-electron chi connectivity index (χ3n) is 2.63. The van der Waals surface area contributed by atoms with Gasteiger partial charge in [-0.3, -0.25) is 4.90 Å². The van der Waals surface area contributed by atoms with Gasteiger partial charge in [0.05, 0.1) is 22.6 Å². The minimum atomic E-state index is -0.580. The van der Waals surface area contributed by atoms with Gasteiger partial charge in [-0.05, 0) is 25.9 Å². The summed E-state index contributed by atoms with van der Waals surface area (Å²) in [7, 11) is 1.05. The highest BCUT2D eigenvalue weighted by molar-refractivity contribution is 8.72. The molecule has 0 N–H and O–H groups in total. The van der Waals surface area contributed by atoms with Crippen LogP contribution in [0.15, 0.2) is 0 Å². The van der Waals surface area contributed by atoms with Crippen LogP contribution in [0.3, 0.4) is 0 Å². The molecule has 5 heteroatoms. The zero-order chi connectivity index (χ0) is 8.39. The highest BCUT2D eigenvalue weighted by atomic mass is 35.5. The molecule has 2 fully saturated rings. The van der Waals surface area contributed by atoms with Crippen molar-refractivity contribution in [1.29, 1.82) is 0 Å². The van der Waals surface area contributed by atoms with Crippen LogP contribution in [-0.2, 0) is 10.2 Å². The molecule has 0 aliphatic carbocycles. The second-order valence-electron chi connectivity index (χ2n) is 3.51. The van der Waals surface area contributed by atoms with Gasteiger partial charge in [-0.25, -0.2) is 0 Å². The fourth-order valence-electron chi connectivity index (χ4n) is 1.90. The summed E-state index contributed by atoms with van der Waals surface area (Å²) in [5.74, 6) is 2.00. The number of rotatable bonds is 1. The summed E-state index contributed by atoms with van der Waals surface area (Å²) < 4.78 is 11.1. The van der Waals surface area contributed by atoms with E-state index >= 15 is 0 Å². The fourth-order valence-corrected chi connectivity index (χ4v) is 5.11. The Morgan fingerprint density at radius 2 is 1.92 bits per heavy atom. The molecule has 2 nitrogen and oxygen atoms in total. The van der Waals surface area contributed by atoms with Crippen LogP contribution < -0.4 is 0 Å². The Morgan fingerprint density at radius 1 is 1.23 bits per heavy atom. The van der Waals surface area contributed by atoms with E-state index in [1.54, 1.807) is 10.8 Å². The van der Waals surface area contributed by atoms with Gasteiger partial charge in [0.25, 0.3) is 0 Å². The van der Waals surface area contributed by atoms with E-state index in [-0.39, 0.29) is 12.4 Å². The van der Waals surface area contributed by atoms with Crippen molar-refractivity contribution in [3.05, 3.63) is 0 Å². The first-order valence-electron chi connectivity index (χ1n) is 4.62. The summed E-state index contributed by atoms with van der Waals surface area (Å²) in [5.41, 5.74) is 0. The van der Waals surface area contributed by atoms with Crippen molar-refractivity contribution in [3.8, 4) is 0 Å². The summed E-state index contributed by atoms with van der Waals surface area (Å²) in [6.45, 7) is 2.48. The van der Waals surface area contributed by atoms with Crippen LogP contribution in [0.2, 0.25) is 0 Å². The van der Waals surface area contributed by atoms with E-state index in [0.717, 1.165) is 11.5 Å². The lowest BCUT2D eigenvalue weighted by atomic mass is 10.1. The van der Waals surface area contributed by atoms with E-state index in [1.807, 2.05) is 0 Å². The molecule has 0 amide bonds. The van der Waals surface area contributed by atoms with E-state index < -0.39 is 10.2 Å². The Bertz CT molecular complexity index is 152. The number of hydrogen-bond acceptors (Lipinski definition) is 3. The first-order valence-corrected chi connectivity index (χ1v) is 7.44. The van der Waals surface area contributed by atoms with Crippen LogP contribution in [-0.4, -0.2) is 40.1 Å². The topological polar surface area (TPSA) is 26.3 Å². The predicted octanol–water partition coefficient (Wildman–Crippen LogP) is 1.67. The number of hydrogen-bond donors (Lipinski definition) is 0.